The van der Waals surface area contributed by atoms with Crippen LogP contribution in [0.3, 0.4) is 0 Å². The number of hydrogen-bond donors (Lipinski definition) is 1. The standard InChI is InChI=1S/C16H14F3NO/c1-9-2-3-16-10(4-9)5-11(21-16)8-20-15-7-13(18)12(17)6-14(15)19/h2-4,6-7,11,20H,5,8H2,1H3. The molecule has 0 radical (unpaired) electrons. The van der Waals surface area contributed by atoms with E-state index in [1.807, 2.05) is 25.1 Å². The molecule has 110 valence electrons. The van der Waals surface area contributed by atoms with Crippen molar-refractivity contribution in [2.45, 2.75) is 19.4 Å². The molecule has 21 heavy (non-hydrogen) atoms. The van der Waals surface area contributed by atoms with Gasteiger partial charge in [0.15, 0.2) is 11.6 Å². The number of rotatable bonds is 3. The minimum atomic E-state index is -1.20. The number of fused-ring (bicyclic) bond motifs is 1. The first kappa shape index (κ1) is 13.8. The minimum Gasteiger partial charge on any atom is -0.488 e. The molecule has 0 spiro atoms. The molecular formula is C16H14F3NO. The van der Waals surface area contributed by atoms with Crippen molar-refractivity contribution < 1.29 is 17.9 Å². The van der Waals surface area contributed by atoms with Gasteiger partial charge < -0.3 is 10.1 Å². The van der Waals surface area contributed by atoms with Crippen LogP contribution >= 0.6 is 0 Å². The van der Waals surface area contributed by atoms with Gasteiger partial charge in [0.1, 0.15) is 17.7 Å². The zero-order chi connectivity index (χ0) is 15.0. The van der Waals surface area contributed by atoms with Gasteiger partial charge in [-0.1, -0.05) is 17.7 Å². The molecule has 2 aromatic rings. The third kappa shape index (κ3) is 2.82. The normalized spacial score (nSPS) is 16.5. The van der Waals surface area contributed by atoms with E-state index in [9.17, 15) is 13.2 Å². The number of ether oxygens (including phenoxy) is 1. The maximum atomic E-state index is 13.5. The summed E-state index contributed by atoms with van der Waals surface area (Å²) in [5, 5.41) is 2.77. The average Bonchev–Trinajstić information content (AvgIpc) is 2.83. The molecule has 1 N–H and O–H groups in total. The quantitative estimate of drug-likeness (QED) is 0.868. The van der Waals surface area contributed by atoms with Crippen LogP contribution in [0.2, 0.25) is 0 Å². The Morgan fingerprint density at radius 1 is 1.10 bits per heavy atom. The van der Waals surface area contributed by atoms with Crippen LogP contribution in [0.1, 0.15) is 11.1 Å². The summed E-state index contributed by atoms with van der Waals surface area (Å²) >= 11 is 0. The summed E-state index contributed by atoms with van der Waals surface area (Å²) in [6.45, 7) is 2.32. The van der Waals surface area contributed by atoms with Crippen molar-refractivity contribution in [1.29, 1.82) is 0 Å². The summed E-state index contributed by atoms with van der Waals surface area (Å²) in [6, 6.07) is 7.27. The summed E-state index contributed by atoms with van der Waals surface area (Å²) in [6.07, 6.45) is 0.546. The number of halogens is 3. The fraction of sp³-hybridized carbons (Fsp3) is 0.250. The van der Waals surface area contributed by atoms with Crippen LogP contribution in [0, 0.1) is 24.4 Å². The van der Waals surface area contributed by atoms with Crippen molar-refractivity contribution in [3.63, 3.8) is 0 Å². The number of hydrogen-bond acceptors (Lipinski definition) is 2. The molecule has 2 nitrogen and oxygen atoms in total. The van der Waals surface area contributed by atoms with E-state index in [-0.39, 0.29) is 11.8 Å². The van der Waals surface area contributed by atoms with Crippen molar-refractivity contribution in [1.82, 2.24) is 0 Å². The van der Waals surface area contributed by atoms with E-state index >= 15 is 0 Å². The zero-order valence-corrected chi connectivity index (χ0v) is 11.4. The van der Waals surface area contributed by atoms with Crippen LogP contribution in [-0.4, -0.2) is 12.6 Å². The van der Waals surface area contributed by atoms with Crippen LogP contribution in [0.25, 0.3) is 0 Å². The minimum absolute atomic E-state index is 0.0652. The molecular weight excluding hydrogens is 279 g/mol. The fourth-order valence-corrected chi connectivity index (χ4v) is 2.44. The third-order valence-corrected chi connectivity index (χ3v) is 3.49. The smallest absolute Gasteiger partial charge is 0.161 e. The van der Waals surface area contributed by atoms with Gasteiger partial charge >= 0.3 is 0 Å². The molecule has 1 aliphatic rings. The summed E-state index contributed by atoms with van der Waals surface area (Å²) < 4.78 is 45.2. The van der Waals surface area contributed by atoms with Gasteiger partial charge in [-0.25, -0.2) is 13.2 Å². The van der Waals surface area contributed by atoms with Gasteiger partial charge in [-0.15, -0.1) is 0 Å². The lowest BCUT2D eigenvalue weighted by Crippen LogP contribution is -2.24. The second kappa shape index (κ2) is 5.31. The topological polar surface area (TPSA) is 21.3 Å². The Bertz CT molecular complexity index is 687. The van der Waals surface area contributed by atoms with Crippen molar-refractivity contribution in [2.75, 3.05) is 11.9 Å². The van der Waals surface area contributed by atoms with Gasteiger partial charge in [-0.05, 0) is 18.6 Å². The third-order valence-electron chi connectivity index (χ3n) is 3.49. The first-order valence-corrected chi connectivity index (χ1v) is 6.67. The Hall–Kier alpha value is -2.17. The van der Waals surface area contributed by atoms with E-state index in [1.54, 1.807) is 0 Å². The van der Waals surface area contributed by atoms with Crippen molar-refractivity contribution in [2.24, 2.45) is 0 Å². The van der Waals surface area contributed by atoms with Gasteiger partial charge in [0.05, 0.1) is 12.2 Å². The van der Waals surface area contributed by atoms with Crippen molar-refractivity contribution >= 4 is 5.69 Å². The molecule has 2 aromatic carbocycles. The van der Waals surface area contributed by atoms with Gasteiger partial charge in [0.25, 0.3) is 0 Å². The first-order valence-electron chi connectivity index (χ1n) is 6.67. The van der Waals surface area contributed by atoms with Crippen molar-refractivity contribution in [3.8, 4) is 5.75 Å². The zero-order valence-electron chi connectivity index (χ0n) is 11.4. The Morgan fingerprint density at radius 2 is 1.86 bits per heavy atom. The fourth-order valence-electron chi connectivity index (χ4n) is 2.44. The van der Waals surface area contributed by atoms with Gasteiger partial charge in [0, 0.05) is 18.6 Å². The van der Waals surface area contributed by atoms with Crippen molar-refractivity contribution in [3.05, 3.63) is 58.9 Å². The highest BCUT2D eigenvalue weighted by molar-refractivity contribution is 5.46. The summed E-state index contributed by atoms with van der Waals surface area (Å²) in [5.41, 5.74) is 2.19. The van der Waals surface area contributed by atoms with Gasteiger partial charge in [-0.2, -0.15) is 0 Å². The van der Waals surface area contributed by atoms with E-state index in [1.165, 1.54) is 0 Å². The molecule has 1 heterocycles. The Balaban J connectivity index is 1.66. The second-order valence-electron chi connectivity index (χ2n) is 5.18. The van der Waals surface area contributed by atoms with Crippen LogP contribution in [0.4, 0.5) is 18.9 Å². The number of nitrogens with one attached hydrogen (secondary N) is 1. The molecule has 0 bridgehead atoms. The van der Waals surface area contributed by atoms with Crippen LogP contribution in [-0.2, 0) is 6.42 Å². The lowest BCUT2D eigenvalue weighted by atomic mass is 10.1. The second-order valence-corrected chi connectivity index (χ2v) is 5.18. The molecule has 5 heteroatoms. The predicted octanol–water partition coefficient (Wildman–Crippen LogP) is 3.83. The highest BCUT2D eigenvalue weighted by atomic mass is 19.2. The highest BCUT2D eigenvalue weighted by Gasteiger charge is 2.23. The lowest BCUT2D eigenvalue weighted by molar-refractivity contribution is 0.246. The van der Waals surface area contributed by atoms with Gasteiger partial charge in [0.2, 0.25) is 0 Å². The summed E-state index contributed by atoms with van der Waals surface area (Å²) in [4.78, 5) is 0. The summed E-state index contributed by atoms with van der Waals surface area (Å²) in [7, 11) is 0. The molecule has 0 saturated carbocycles. The lowest BCUT2D eigenvalue weighted by Gasteiger charge is -2.13. The Labute approximate surface area is 120 Å². The highest BCUT2D eigenvalue weighted by Crippen LogP contribution is 2.29. The molecule has 1 unspecified atom stereocenters. The number of anilines is 1. The number of aryl methyl sites for hydroxylation is 1. The van der Waals surface area contributed by atoms with Crippen LogP contribution in [0.15, 0.2) is 30.3 Å². The van der Waals surface area contributed by atoms with Crippen LogP contribution < -0.4 is 10.1 Å². The van der Waals surface area contributed by atoms with Crippen LogP contribution in [0.5, 0.6) is 5.75 Å². The monoisotopic (exact) mass is 293 g/mol. The SMILES string of the molecule is Cc1ccc2c(c1)CC(CNc1cc(F)c(F)cc1F)O2. The largest absolute Gasteiger partial charge is 0.488 e. The molecule has 0 amide bonds. The van der Waals surface area contributed by atoms with E-state index in [4.69, 9.17) is 4.74 Å². The molecule has 3 rings (SSSR count). The predicted molar refractivity (Wildman–Crippen MR) is 74.1 cm³/mol. The molecule has 0 saturated heterocycles. The van der Waals surface area contributed by atoms with Gasteiger partial charge in [-0.3, -0.25) is 0 Å². The van der Waals surface area contributed by atoms with E-state index < -0.39 is 17.5 Å². The van der Waals surface area contributed by atoms with E-state index in [2.05, 4.69) is 5.32 Å². The maximum Gasteiger partial charge on any atom is 0.161 e. The number of benzene rings is 2. The Morgan fingerprint density at radius 3 is 2.67 bits per heavy atom. The van der Waals surface area contributed by atoms with E-state index in [0.29, 0.717) is 19.0 Å². The average molecular weight is 293 g/mol. The molecule has 1 atom stereocenters. The Kier molecular flexibility index (Phi) is 3.49. The molecule has 0 aromatic heterocycles. The van der Waals surface area contributed by atoms with E-state index in [0.717, 1.165) is 22.9 Å². The molecule has 0 aliphatic carbocycles. The molecule has 1 aliphatic heterocycles. The molecule has 0 fully saturated rings. The maximum absolute atomic E-state index is 13.5. The first-order chi connectivity index (χ1) is 10.0. The summed E-state index contributed by atoms with van der Waals surface area (Å²) in [5.74, 6) is -2.28.